The van der Waals surface area contributed by atoms with E-state index in [4.69, 9.17) is 9.47 Å². The van der Waals surface area contributed by atoms with E-state index in [1.54, 1.807) is 24.3 Å². The summed E-state index contributed by atoms with van der Waals surface area (Å²) >= 11 is 0. The van der Waals surface area contributed by atoms with Gasteiger partial charge in [-0.2, -0.15) is 0 Å². The quantitative estimate of drug-likeness (QED) is 0.512. The normalized spacial score (nSPS) is 11.0. The maximum absolute atomic E-state index is 12.5. The third kappa shape index (κ3) is 7.65. The summed E-state index contributed by atoms with van der Waals surface area (Å²) in [5.74, 6) is 0.898. The average Bonchev–Trinajstić information content (AvgIpc) is 2.71. The Morgan fingerprint density at radius 3 is 2.14 bits per heavy atom. The molecule has 158 valence electrons. The molecule has 7 nitrogen and oxygen atoms in total. The molecule has 0 saturated heterocycles. The number of ether oxygens (including phenoxy) is 2. The van der Waals surface area contributed by atoms with Crippen molar-refractivity contribution in [2.75, 3.05) is 24.5 Å². The lowest BCUT2D eigenvalue weighted by Gasteiger charge is -2.10. The summed E-state index contributed by atoms with van der Waals surface area (Å²) < 4.78 is 38.3. The number of nitrogens with one attached hydrogen (secondary N) is 2. The molecule has 0 radical (unpaired) electrons. The molecule has 2 N–H and O–H groups in total. The summed E-state index contributed by atoms with van der Waals surface area (Å²) in [6.07, 6.45) is 3.10. The van der Waals surface area contributed by atoms with Crippen LogP contribution < -0.4 is 19.5 Å². The zero-order valence-electron chi connectivity index (χ0n) is 16.8. The maximum Gasteiger partial charge on any atom is 0.261 e. The summed E-state index contributed by atoms with van der Waals surface area (Å²) in [6, 6.07) is 12.6. The number of carbonyl (C=O) groups is 1. The second-order valence-corrected chi connectivity index (χ2v) is 8.06. The maximum atomic E-state index is 12.5. The second-order valence-electron chi connectivity index (χ2n) is 6.38. The number of sulfonamides is 1. The fraction of sp³-hybridized carbons (Fsp3) is 0.381. The van der Waals surface area contributed by atoms with E-state index in [1.807, 2.05) is 6.92 Å². The van der Waals surface area contributed by atoms with Gasteiger partial charge in [-0.25, -0.2) is 8.42 Å². The number of anilines is 1. The number of hydrogen-bond acceptors (Lipinski definition) is 5. The number of carbonyl (C=O) groups excluding carboxylic acids is 1. The fourth-order valence-corrected chi connectivity index (χ4v) is 3.58. The number of unbranched alkanes of at least 4 members (excludes halogenated alkanes) is 2. The SMILES string of the molecule is CCCCCNC(=O)COc1ccc(S(=O)(=O)Nc2ccc(OCC)cc2)cc1. The van der Waals surface area contributed by atoms with Crippen LogP contribution in [0, 0.1) is 0 Å². The van der Waals surface area contributed by atoms with Crippen molar-refractivity contribution in [3.8, 4) is 11.5 Å². The third-order valence-electron chi connectivity index (χ3n) is 4.02. The van der Waals surface area contributed by atoms with E-state index in [9.17, 15) is 13.2 Å². The van der Waals surface area contributed by atoms with Crippen LogP contribution in [-0.2, 0) is 14.8 Å². The van der Waals surface area contributed by atoms with Crippen molar-refractivity contribution in [2.24, 2.45) is 0 Å². The van der Waals surface area contributed by atoms with Gasteiger partial charge >= 0.3 is 0 Å². The summed E-state index contributed by atoms with van der Waals surface area (Å²) in [4.78, 5) is 11.8. The summed E-state index contributed by atoms with van der Waals surface area (Å²) in [7, 11) is -3.73. The van der Waals surface area contributed by atoms with E-state index < -0.39 is 10.0 Å². The molecule has 0 fully saturated rings. The predicted molar refractivity (Wildman–Crippen MR) is 113 cm³/mol. The molecule has 0 aliphatic rings. The van der Waals surface area contributed by atoms with E-state index in [2.05, 4.69) is 17.0 Å². The molecule has 29 heavy (non-hydrogen) atoms. The van der Waals surface area contributed by atoms with Crippen LogP contribution in [0.2, 0.25) is 0 Å². The molecule has 0 bridgehead atoms. The van der Waals surface area contributed by atoms with Gasteiger partial charge in [0.05, 0.1) is 11.5 Å². The van der Waals surface area contributed by atoms with Crippen molar-refractivity contribution < 1.29 is 22.7 Å². The van der Waals surface area contributed by atoms with Crippen molar-refractivity contribution >= 4 is 21.6 Å². The van der Waals surface area contributed by atoms with Gasteiger partial charge in [0.25, 0.3) is 15.9 Å². The Bertz CT molecular complexity index is 865. The molecule has 2 rings (SSSR count). The molecule has 0 aromatic heterocycles. The van der Waals surface area contributed by atoms with Gasteiger partial charge in [-0.1, -0.05) is 19.8 Å². The largest absolute Gasteiger partial charge is 0.494 e. The van der Waals surface area contributed by atoms with Crippen LogP contribution in [0.4, 0.5) is 5.69 Å². The highest BCUT2D eigenvalue weighted by molar-refractivity contribution is 7.92. The van der Waals surface area contributed by atoms with Crippen LogP contribution >= 0.6 is 0 Å². The second kappa shape index (κ2) is 11.3. The first kappa shape index (κ1) is 22.5. The molecule has 0 aliphatic carbocycles. The highest BCUT2D eigenvalue weighted by atomic mass is 32.2. The van der Waals surface area contributed by atoms with Gasteiger partial charge < -0.3 is 14.8 Å². The van der Waals surface area contributed by atoms with Crippen LogP contribution in [0.1, 0.15) is 33.1 Å². The molecule has 0 atom stereocenters. The molecule has 1 amide bonds. The Morgan fingerprint density at radius 1 is 0.897 bits per heavy atom. The third-order valence-corrected chi connectivity index (χ3v) is 5.42. The molecule has 0 saturated carbocycles. The highest BCUT2D eigenvalue weighted by Crippen LogP contribution is 2.21. The average molecular weight is 421 g/mol. The standard InChI is InChI=1S/C21H28N2O5S/c1-3-5-6-15-22-21(24)16-28-19-11-13-20(14-12-19)29(25,26)23-17-7-9-18(10-8-17)27-4-2/h7-14,23H,3-6,15-16H2,1-2H3,(H,22,24). The number of amides is 1. The van der Waals surface area contributed by atoms with Gasteiger partial charge in [-0.05, 0) is 61.9 Å². The summed E-state index contributed by atoms with van der Waals surface area (Å²) in [5, 5.41) is 2.78. The van der Waals surface area contributed by atoms with Crippen LogP contribution in [0.3, 0.4) is 0 Å². The van der Waals surface area contributed by atoms with Crippen LogP contribution in [0.15, 0.2) is 53.4 Å². The van der Waals surface area contributed by atoms with E-state index >= 15 is 0 Å². The minimum atomic E-state index is -3.73. The van der Waals surface area contributed by atoms with Crippen LogP contribution in [-0.4, -0.2) is 34.1 Å². The van der Waals surface area contributed by atoms with E-state index in [0.29, 0.717) is 30.3 Å². The summed E-state index contributed by atoms with van der Waals surface area (Å²) in [5.41, 5.74) is 0.438. The monoisotopic (exact) mass is 420 g/mol. The van der Waals surface area contributed by atoms with Crippen molar-refractivity contribution in [2.45, 2.75) is 38.0 Å². The van der Waals surface area contributed by atoms with Crippen molar-refractivity contribution in [3.63, 3.8) is 0 Å². The van der Waals surface area contributed by atoms with Gasteiger partial charge in [0, 0.05) is 12.2 Å². The molecule has 2 aromatic rings. The van der Waals surface area contributed by atoms with Crippen LogP contribution in [0.25, 0.3) is 0 Å². The number of hydrogen-bond donors (Lipinski definition) is 2. The Balaban J connectivity index is 1.88. The Kier molecular flexibility index (Phi) is 8.79. The number of rotatable bonds is 12. The van der Waals surface area contributed by atoms with E-state index in [1.165, 1.54) is 24.3 Å². The fourth-order valence-electron chi connectivity index (χ4n) is 2.52. The molecule has 0 aliphatic heterocycles. The Hall–Kier alpha value is -2.74. The molecule has 0 heterocycles. The van der Waals surface area contributed by atoms with Gasteiger partial charge in [0.15, 0.2) is 6.61 Å². The molecular weight excluding hydrogens is 392 g/mol. The molecular formula is C21H28N2O5S. The minimum absolute atomic E-state index is 0.0998. The van der Waals surface area contributed by atoms with Crippen molar-refractivity contribution in [1.82, 2.24) is 5.32 Å². The lowest BCUT2D eigenvalue weighted by Crippen LogP contribution is -2.29. The number of benzene rings is 2. The van der Waals surface area contributed by atoms with Crippen LogP contribution in [0.5, 0.6) is 11.5 Å². The van der Waals surface area contributed by atoms with Gasteiger partial charge in [0.1, 0.15) is 11.5 Å². The predicted octanol–water partition coefficient (Wildman–Crippen LogP) is 3.57. The lowest BCUT2D eigenvalue weighted by atomic mass is 10.2. The Morgan fingerprint density at radius 2 is 1.52 bits per heavy atom. The first-order chi connectivity index (χ1) is 13.9. The first-order valence-corrected chi connectivity index (χ1v) is 11.2. The van der Waals surface area contributed by atoms with E-state index in [0.717, 1.165) is 19.3 Å². The van der Waals surface area contributed by atoms with Gasteiger partial charge in [-0.15, -0.1) is 0 Å². The highest BCUT2D eigenvalue weighted by Gasteiger charge is 2.14. The lowest BCUT2D eigenvalue weighted by molar-refractivity contribution is -0.123. The van der Waals surface area contributed by atoms with Crippen molar-refractivity contribution in [3.05, 3.63) is 48.5 Å². The Labute approximate surface area is 172 Å². The molecule has 0 unspecified atom stereocenters. The zero-order valence-corrected chi connectivity index (χ0v) is 17.6. The first-order valence-electron chi connectivity index (χ1n) is 9.70. The van der Waals surface area contributed by atoms with Crippen molar-refractivity contribution in [1.29, 1.82) is 0 Å². The summed E-state index contributed by atoms with van der Waals surface area (Å²) in [6.45, 7) is 5.04. The molecule has 0 spiro atoms. The van der Waals surface area contributed by atoms with Gasteiger partial charge in [0.2, 0.25) is 0 Å². The zero-order chi connectivity index (χ0) is 21.1. The smallest absolute Gasteiger partial charge is 0.261 e. The van der Waals surface area contributed by atoms with E-state index in [-0.39, 0.29) is 17.4 Å². The molecule has 2 aromatic carbocycles. The van der Waals surface area contributed by atoms with Gasteiger partial charge in [-0.3, -0.25) is 9.52 Å². The minimum Gasteiger partial charge on any atom is -0.494 e. The molecule has 8 heteroatoms. The topological polar surface area (TPSA) is 93.7 Å².